The first kappa shape index (κ1) is 37.2. The third-order valence-electron chi connectivity index (χ3n) is 9.35. The van der Waals surface area contributed by atoms with Gasteiger partial charge in [0.05, 0.1) is 11.9 Å². The normalized spacial score (nSPS) is 19.8. The molecule has 0 N–H and O–H groups in total. The lowest BCUT2D eigenvalue weighted by atomic mass is 9.88. The standard InChI is InChI=1S/C37H58N6O4Si2/c1-11-29-13-12-27(23-38-29)32-24-39-43-34(41(25-45-16-18-48(5,6)7)26-46-17-19-49(8,9)10)22-33(40-35(32)43)28-20-30-14-15-31(21-28)42(30)36(44)47-37(2,3)4/h11-13,22-24,28,30-31H,1,14-21,25-26H2,2-10H3/t28-,30+,31-. The van der Waals surface area contributed by atoms with Crippen molar-refractivity contribution in [2.24, 2.45) is 0 Å². The SMILES string of the molecule is C=Cc1ccc(-c2cnn3c(N(COCC[Si](C)(C)C)COCC[Si](C)(C)C)cc([C@H]4C[C@H]5CC[C@@H](C4)N5C(=O)OC(C)(C)C)nc23)cn1. The van der Waals surface area contributed by atoms with Crippen LogP contribution in [0.1, 0.15) is 63.8 Å². The maximum Gasteiger partial charge on any atom is 0.410 e. The van der Waals surface area contributed by atoms with Crippen molar-refractivity contribution in [2.45, 2.75) is 121 Å². The molecule has 0 spiro atoms. The molecule has 12 heteroatoms. The van der Waals surface area contributed by atoms with E-state index in [0.29, 0.717) is 26.7 Å². The van der Waals surface area contributed by atoms with Crippen LogP contribution in [0.2, 0.25) is 51.4 Å². The molecule has 5 rings (SSSR count). The number of nitrogens with zero attached hydrogens (tertiary/aromatic N) is 6. The summed E-state index contributed by atoms with van der Waals surface area (Å²) in [5, 5.41) is 4.89. The van der Waals surface area contributed by atoms with Crippen LogP contribution in [0.5, 0.6) is 0 Å². The first-order chi connectivity index (χ1) is 23.0. The van der Waals surface area contributed by atoms with Crippen molar-refractivity contribution in [3.8, 4) is 11.1 Å². The number of pyridine rings is 1. The van der Waals surface area contributed by atoms with Crippen LogP contribution in [0.3, 0.4) is 0 Å². The predicted molar refractivity (Wildman–Crippen MR) is 204 cm³/mol. The van der Waals surface area contributed by atoms with Crippen LogP contribution >= 0.6 is 0 Å². The van der Waals surface area contributed by atoms with E-state index in [4.69, 9.17) is 24.3 Å². The van der Waals surface area contributed by atoms with Crippen LogP contribution in [-0.2, 0) is 14.2 Å². The predicted octanol–water partition coefficient (Wildman–Crippen LogP) is 8.51. The van der Waals surface area contributed by atoms with Gasteiger partial charge in [-0.1, -0.05) is 51.9 Å². The first-order valence-corrected chi connectivity index (χ1v) is 25.3. The lowest BCUT2D eigenvalue weighted by Gasteiger charge is -2.39. The summed E-state index contributed by atoms with van der Waals surface area (Å²) in [7, 11) is -2.52. The van der Waals surface area contributed by atoms with Crippen LogP contribution in [-0.4, -0.2) is 91.1 Å². The first-order valence-electron chi connectivity index (χ1n) is 17.9. The van der Waals surface area contributed by atoms with Gasteiger partial charge in [0, 0.05) is 76.4 Å². The monoisotopic (exact) mass is 706 g/mol. The molecule has 2 aliphatic heterocycles. The number of fused-ring (bicyclic) bond motifs is 3. The molecule has 3 atom stereocenters. The molecular formula is C37H58N6O4Si2. The maximum atomic E-state index is 13.3. The minimum Gasteiger partial charge on any atom is -0.444 e. The number of hydrogen-bond acceptors (Lipinski definition) is 8. The summed E-state index contributed by atoms with van der Waals surface area (Å²) in [4.78, 5) is 27.3. The largest absolute Gasteiger partial charge is 0.444 e. The Labute approximate surface area is 295 Å². The summed E-state index contributed by atoms with van der Waals surface area (Å²) in [6.45, 7) is 26.1. The molecule has 268 valence electrons. The Morgan fingerprint density at radius 3 is 2.10 bits per heavy atom. The van der Waals surface area contributed by atoms with Crippen molar-refractivity contribution in [1.29, 1.82) is 0 Å². The molecule has 2 fully saturated rings. The van der Waals surface area contributed by atoms with Gasteiger partial charge in [-0.2, -0.15) is 9.61 Å². The molecule has 0 unspecified atom stereocenters. The minimum atomic E-state index is -1.26. The highest BCUT2D eigenvalue weighted by Gasteiger charge is 2.45. The van der Waals surface area contributed by atoms with Gasteiger partial charge in [-0.05, 0) is 70.7 Å². The van der Waals surface area contributed by atoms with E-state index in [0.717, 1.165) is 71.8 Å². The summed E-state index contributed by atoms with van der Waals surface area (Å²) < 4.78 is 20.5. The molecule has 0 aliphatic carbocycles. The molecule has 2 bridgehead atoms. The Bertz CT molecular complexity index is 1560. The fourth-order valence-corrected chi connectivity index (χ4v) is 8.11. The summed E-state index contributed by atoms with van der Waals surface area (Å²) in [5.41, 5.74) is 3.94. The number of carbonyl (C=O) groups excluding carboxylic acids is 1. The molecule has 2 aliphatic rings. The van der Waals surface area contributed by atoms with Gasteiger partial charge in [0.2, 0.25) is 0 Å². The lowest BCUT2D eigenvalue weighted by Crippen LogP contribution is -2.48. The Morgan fingerprint density at radius 1 is 0.980 bits per heavy atom. The number of aromatic nitrogens is 4. The van der Waals surface area contributed by atoms with Crippen molar-refractivity contribution in [2.75, 3.05) is 31.6 Å². The Morgan fingerprint density at radius 2 is 1.59 bits per heavy atom. The Kier molecular flexibility index (Phi) is 11.4. The minimum absolute atomic E-state index is 0.131. The van der Waals surface area contributed by atoms with Crippen molar-refractivity contribution in [1.82, 2.24) is 24.5 Å². The number of rotatable bonds is 14. The Balaban J connectivity index is 1.51. The van der Waals surface area contributed by atoms with Gasteiger partial charge >= 0.3 is 6.09 Å². The van der Waals surface area contributed by atoms with E-state index in [1.807, 2.05) is 54.7 Å². The number of anilines is 1. The van der Waals surface area contributed by atoms with Crippen LogP contribution in [0.4, 0.5) is 10.6 Å². The van der Waals surface area contributed by atoms with E-state index in [2.05, 4.69) is 61.8 Å². The molecule has 3 aromatic rings. The van der Waals surface area contributed by atoms with Crippen molar-refractivity contribution >= 4 is 39.8 Å². The van der Waals surface area contributed by atoms with Gasteiger partial charge in [-0.25, -0.2) is 9.78 Å². The maximum absolute atomic E-state index is 13.3. The van der Waals surface area contributed by atoms with Crippen LogP contribution in [0.25, 0.3) is 22.9 Å². The molecule has 2 saturated heterocycles. The number of amides is 1. The van der Waals surface area contributed by atoms with Crippen LogP contribution in [0.15, 0.2) is 37.2 Å². The average Bonchev–Trinajstić information content (AvgIpc) is 3.56. The van der Waals surface area contributed by atoms with Crippen LogP contribution in [0, 0.1) is 0 Å². The number of piperidine rings is 1. The molecular weight excluding hydrogens is 649 g/mol. The second-order valence-corrected chi connectivity index (χ2v) is 28.4. The molecule has 3 aromatic heterocycles. The van der Waals surface area contributed by atoms with Crippen molar-refractivity contribution in [3.05, 3.63) is 48.6 Å². The van der Waals surface area contributed by atoms with E-state index >= 15 is 0 Å². The van der Waals surface area contributed by atoms with E-state index in [1.54, 1.807) is 6.08 Å². The summed E-state index contributed by atoms with van der Waals surface area (Å²) in [6, 6.07) is 8.63. The van der Waals surface area contributed by atoms with Gasteiger partial charge in [0.25, 0.3) is 0 Å². The third kappa shape index (κ3) is 9.80. The lowest BCUT2D eigenvalue weighted by molar-refractivity contribution is 0.00569. The molecule has 0 aromatic carbocycles. The van der Waals surface area contributed by atoms with E-state index in [-0.39, 0.29) is 24.1 Å². The van der Waals surface area contributed by atoms with Gasteiger partial charge in [0.15, 0.2) is 5.65 Å². The quantitative estimate of drug-likeness (QED) is 0.0936. The van der Waals surface area contributed by atoms with E-state index in [1.165, 1.54) is 0 Å². The van der Waals surface area contributed by atoms with Gasteiger partial charge in [0.1, 0.15) is 24.9 Å². The molecule has 5 heterocycles. The average molecular weight is 707 g/mol. The fraction of sp³-hybridized carbons (Fsp3) is 0.622. The van der Waals surface area contributed by atoms with Gasteiger partial charge in [-0.15, -0.1) is 0 Å². The summed E-state index contributed by atoms with van der Waals surface area (Å²) in [5.74, 6) is 1.08. The second kappa shape index (κ2) is 15.0. The van der Waals surface area contributed by atoms with Crippen LogP contribution < -0.4 is 4.90 Å². The van der Waals surface area contributed by atoms with E-state index in [9.17, 15) is 4.79 Å². The molecule has 1 amide bonds. The number of carbonyl (C=O) groups is 1. The number of ether oxygens (including phenoxy) is 3. The highest BCUT2D eigenvalue weighted by molar-refractivity contribution is 6.76. The van der Waals surface area contributed by atoms with Crippen molar-refractivity contribution < 1.29 is 19.0 Å². The molecule has 10 nitrogen and oxygen atoms in total. The zero-order valence-electron chi connectivity index (χ0n) is 31.3. The van der Waals surface area contributed by atoms with E-state index < -0.39 is 21.7 Å². The second-order valence-electron chi connectivity index (χ2n) is 17.2. The zero-order valence-corrected chi connectivity index (χ0v) is 33.3. The summed E-state index contributed by atoms with van der Waals surface area (Å²) in [6.07, 6.45) is 8.94. The highest BCUT2D eigenvalue weighted by Crippen LogP contribution is 2.44. The molecule has 0 saturated carbocycles. The highest BCUT2D eigenvalue weighted by atomic mass is 28.3. The van der Waals surface area contributed by atoms with Gasteiger partial charge in [-0.3, -0.25) is 4.98 Å². The fourth-order valence-electron chi connectivity index (χ4n) is 6.60. The number of hydrogen-bond donors (Lipinski definition) is 0. The zero-order chi connectivity index (χ0) is 35.6. The third-order valence-corrected chi connectivity index (χ3v) is 12.8. The summed E-state index contributed by atoms with van der Waals surface area (Å²) >= 11 is 0. The van der Waals surface area contributed by atoms with Gasteiger partial charge < -0.3 is 24.0 Å². The van der Waals surface area contributed by atoms with Crippen molar-refractivity contribution in [3.63, 3.8) is 0 Å². The molecule has 0 radical (unpaired) electrons. The smallest absolute Gasteiger partial charge is 0.410 e. The topological polar surface area (TPSA) is 94.3 Å². The Hall–Kier alpha value is -3.07. The molecule has 49 heavy (non-hydrogen) atoms.